The Morgan fingerprint density at radius 2 is 1.76 bits per heavy atom. The molecular weight excluding hydrogens is 592 g/mol. The highest BCUT2D eigenvalue weighted by Gasteiger charge is 2.17. The molecule has 3 amide bonds. The lowest BCUT2D eigenvalue weighted by atomic mass is 10.1. The number of pyridine rings is 1. The van der Waals surface area contributed by atoms with Crippen LogP contribution in [0.1, 0.15) is 49.6 Å². The van der Waals surface area contributed by atoms with Gasteiger partial charge in [-0.25, -0.2) is 4.21 Å². The van der Waals surface area contributed by atoms with Crippen LogP contribution in [0, 0.1) is 18.8 Å². The molecule has 230 valence electrons. The first-order valence-electron chi connectivity index (χ1n) is 14.3. The molecule has 10 nitrogen and oxygen atoms in total. The molecule has 1 unspecified atom stereocenters. The molecule has 1 fully saturated rings. The predicted molar refractivity (Wildman–Crippen MR) is 169 cm³/mol. The van der Waals surface area contributed by atoms with Crippen LogP contribution in [0.4, 0.5) is 5.69 Å². The van der Waals surface area contributed by atoms with Gasteiger partial charge in [0.1, 0.15) is 0 Å². The van der Waals surface area contributed by atoms with Crippen molar-refractivity contribution >= 4 is 33.1 Å². The van der Waals surface area contributed by atoms with Crippen LogP contribution in [-0.4, -0.2) is 64.4 Å². The number of morpholine rings is 1. The van der Waals surface area contributed by atoms with Gasteiger partial charge in [0.2, 0.25) is 5.91 Å². The fourth-order valence-corrected chi connectivity index (χ4v) is 5.80. The van der Waals surface area contributed by atoms with E-state index in [4.69, 9.17) is 9.15 Å². The van der Waals surface area contributed by atoms with Gasteiger partial charge in [-0.3, -0.25) is 19.4 Å². The van der Waals surface area contributed by atoms with E-state index in [1.54, 1.807) is 72.5 Å². The summed E-state index contributed by atoms with van der Waals surface area (Å²) in [6.07, 6.45) is 6.68. The zero-order chi connectivity index (χ0) is 31.8. The number of rotatable bonds is 7. The Morgan fingerprint density at radius 1 is 1.00 bits per heavy atom. The van der Waals surface area contributed by atoms with Crippen molar-refractivity contribution in [1.29, 1.82) is 0 Å². The van der Waals surface area contributed by atoms with Gasteiger partial charge in [0.05, 0.1) is 34.8 Å². The fraction of sp³-hybridized carbons (Fsp3) is 0.235. The van der Waals surface area contributed by atoms with Crippen molar-refractivity contribution < 1.29 is 27.7 Å². The molecule has 0 bridgehead atoms. The SMILES string of the molecule is Cc1ccoc1C(=O)Nc1cccc(C#Cc2cncc(C(=O)N=S(C)(=O)c3ccc(CCC(=O)N4CCOCC4)cc3)c2)c1. The molecule has 1 saturated heterocycles. The highest BCUT2D eigenvalue weighted by Crippen LogP contribution is 2.17. The average Bonchev–Trinajstić information content (AvgIpc) is 3.49. The molecule has 2 aromatic heterocycles. The van der Waals surface area contributed by atoms with E-state index in [0.717, 1.165) is 11.1 Å². The number of carbonyl (C=O) groups is 3. The number of hydrogen-bond donors (Lipinski definition) is 1. The van der Waals surface area contributed by atoms with Gasteiger partial charge in [0.25, 0.3) is 11.8 Å². The number of amides is 3. The van der Waals surface area contributed by atoms with Gasteiger partial charge in [0.15, 0.2) is 5.76 Å². The molecule has 5 rings (SSSR count). The van der Waals surface area contributed by atoms with Gasteiger partial charge in [-0.1, -0.05) is 30.0 Å². The van der Waals surface area contributed by atoms with E-state index in [-0.39, 0.29) is 23.1 Å². The highest BCUT2D eigenvalue weighted by atomic mass is 32.2. The minimum absolute atomic E-state index is 0.0842. The summed E-state index contributed by atoms with van der Waals surface area (Å²) in [5, 5.41) is 2.79. The van der Waals surface area contributed by atoms with Crippen molar-refractivity contribution in [3.05, 3.63) is 113 Å². The molecule has 11 heteroatoms. The number of aromatic nitrogens is 1. The molecule has 0 saturated carbocycles. The second-order valence-corrected chi connectivity index (χ2v) is 12.8. The number of nitrogens with one attached hydrogen (secondary N) is 1. The maximum Gasteiger partial charge on any atom is 0.291 e. The molecular formula is C34H32N4O6S. The van der Waals surface area contributed by atoms with E-state index in [0.29, 0.717) is 60.9 Å². The smallest absolute Gasteiger partial charge is 0.291 e. The van der Waals surface area contributed by atoms with Crippen LogP contribution >= 0.6 is 0 Å². The lowest BCUT2D eigenvalue weighted by Crippen LogP contribution is -2.40. The quantitative estimate of drug-likeness (QED) is 0.294. The first kappa shape index (κ1) is 31.4. The third kappa shape index (κ3) is 8.32. The summed E-state index contributed by atoms with van der Waals surface area (Å²) < 4.78 is 28.0. The van der Waals surface area contributed by atoms with Gasteiger partial charge < -0.3 is 19.4 Å². The van der Waals surface area contributed by atoms with Gasteiger partial charge in [-0.15, -0.1) is 0 Å². The number of nitrogens with zero attached hydrogens (tertiary/aromatic N) is 3. The first-order valence-corrected chi connectivity index (χ1v) is 16.2. The second-order valence-electron chi connectivity index (χ2n) is 10.5. The van der Waals surface area contributed by atoms with Crippen LogP contribution < -0.4 is 5.32 Å². The van der Waals surface area contributed by atoms with Crippen molar-refractivity contribution in [3.63, 3.8) is 0 Å². The van der Waals surface area contributed by atoms with Crippen LogP contribution in [0.3, 0.4) is 0 Å². The summed E-state index contributed by atoms with van der Waals surface area (Å²) in [5.41, 5.74) is 3.47. The largest absolute Gasteiger partial charge is 0.459 e. The molecule has 1 aliphatic rings. The molecule has 4 aromatic rings. The van der Waals surface area contributed by atoms with Crippen LogP contribution in [0.2, 0.25) is 0 Å². The molecule has 2 aromatic carbocycles. The summed E-state index contributed by atoms with van der Waals surface area (Å²) in [4.78, 5) is 44.2. The maximum atomic E-state index is 13.4. The number of anilines is 1. The van der Waals surface area contributed by atoms with Crippen LogP contribution in [0.25, 0.3) is 0 Å². The van der Waals surface area contributed by atoms with Crippen molar-refractivity contribution in [2.24, 2.45) is 4.36 Å². The molecule has 1 aliphatic heterocycles. The molecule has 0 radical (unpaired) electrons. The van der Waals surface area contributed by atoms with E-state index in [2.05, 4.69) is 26.5 Å². The van der Waals surface area contributed by atoms with E-state index in [9.17, 15) is 18.6 Å². The topological polar surface area (TPSA) is 131 Å². The van der Waals surface area contributed by atoms with Crippen LogP contribution in [0.15, 0.2) is 93.0 Å². The van der Waals surface area contributed by atoms with Gasteiger partial charge >= 0.3 is 0 Å². The summed E-state index contributed by atoms with van der Waals surface area (Å²) in [7, 11) is -3.04. The Balaban J connectivity index is 1.23. The normalized spacial score (nSPS) is 14.0. The highest BCUT2D eigenvalue weighted by molar-refractivity contribution is 7.93. The zero-order valence-electron chi connectivity index (χ0n) is 24.9. The Kier molecular flexibility index (Phi) is 9.87. The average molecular weight is 625 g/mol. The van der Waals surface area contributed by atoms with Gasteiger partial charge in [0, 0.05) is 65.4 Å². The summed E-state index contributed by atoms with van der Waals surface area (Å²) in [5.74, 6) is 5.28. The minimum atomic E-state index is -3.04. The number of carbonyl (C=O) groups excluding carboxylic acids is 3. The zero-order valence-corrected chi connectivity index (χ0v) is 25.8. The molecule has 0 aliphatic carbocycles. The van der Waals surface area contributed by atoms with Gasteiger partial charge in [-0.05, 0) is 61.4 Å². The molecule has 0 spiro atoms. The van der Waals surface area contributed by atoms with E-state index >= 15 is 0 Å². The van der Waals surface area contributed by atoms with Crippen molar-refractivity contribution in [1.82, 2.24) is 9.88 Å². The van der Waals surface area contributed by atoms with Crippen molar-refractivity contribution in [2.75, 3.05) is 37.9 Å². The lowest BCUT2D eigenvalue weighted by Gasteiger charge is -2.26. The third-order valence-corrected chi connectivity index (χ3v) is 8.80. The van der Waals surface area contributed by atoms with E-state index < -0.39 is 15.6 Å². The van der Waals surface area contributed by atoms with Crippen molar-refractivity contribution in [3.8, 4) is 11.8 Å². The minimum Gasteiger partial charge on any atom is -0.459 e. The number of benzene rings is 2. The van der Waals surface area contributed by atoms with E-state index in [1.165, 1.54) is 24.9 Å². The van der Waals surface area contributed by atoms with Gasteiger partial charge in [-0.2, -0.15) is 4.36 Å². The third-order valence-electron chi connectivity index (χ3n) is 7.13. The van der Waals surface area contributed by atoms with Crippen molar-refractivity contribution in [2.45, 2.75) is 24.7 Å². The summed E-state index contributed by atoms with van der Waals surface area (Å²) in [6, 6.07) is 17.3. The summed E-state index contributed by atoms with van der Waals surface area (Å²) >= 11 is 0. The number of aryl methyl sites for hydroxylation is 2. The standard InChI is InChI=1S/C34H32N4O6S/c1-24-14-17-44-32(24)34(41)36-29-5-3-4-26(21-29)6-7-27-20-28(23-35-22-27)33(40)37-45(2,42)30-11-8-25(9-12-30)10-13-31(39)38-15-18-43-19-16-38/h3-5,8-9,11-12,14,17,20-23H,10,13,15-16,18-19H2,1-2H3,(H,36,41). The monoisotopic (exact) mass is 624 g/mol. The van der Waals surface area contributed by atoms with E-state index in [1.807, 2.05) is 0 Å². The molecule has 3 heterocycles. The summed E-state index contributed by atoms with van der Waals surface area (Å²) in [6.45, 7) is 4.13. The van der Waals surface area contributed by atoms with Crippen LogP contribution in [0.5, 0.6) is 0 Å². The Bertz CT molecular complexity index is 1910. The molecule has 1 atom stereocenters. The Labute approximate surface area is 262 Å². The van der Waals surface area contributed by atoms with Crippen LogP contribution in [-0.2, 0) is 25.7 Å². The number of furan rings is 1. The Morgan fingerprint density at radius 3 is 2.49 bits per heavy atom. The lowest BCUT2D eigenvalue weighted by molar-refractivity contribution is -0.135. The fourth-order valence-electron chi connectivity index (χ4n) is 4.63. The number of hydrogen-bond acceptors (Lipinski definition) is 7. The predicted octanol–water partition coefficient (Wildman–Crippen LogP) is 4.72. The molecule has 1 N–H and O–H groups in total. The first-order chi connectivity index (χ1) is 21.7. The number of ether oxygens (including phenoxy) is 1. The maximum absolute atomic E-state index is 13.4. The molecule has 45 heavy (non-hydrogen) atoms. The Hall–Kier alpha value is -5.05. The second kappa shape index (κ2) is 14.2.